The number of carbonyl (C=O) groups is 2. The fraction of sp³-hybridized carbons (Fsp3) is 0.286. The third kappa shape index (κ3) is 7.70. The van der Waals surface area contributed by atoms with Crippen molar-refractivity contribution in [1.29, 1.82) is 0 Å². The molecule has 0 unspecified atom stereocenters. The largest absolute Gasteiger partial charge is 0.350 e. The summed E-state index contributed by atoms with van der Waals surface area (Å²) in [6.45, 7) is 5.62. The molecule has 0 aliphatic heterocycles. The topological polar surface area (TPSA) is 49.4 Å². The van der Waals surface area contributed by atoms with Gasteiger partial charge in [-0.1, -0.05) is 77.3 Å². The summed E-state index contributed by atoms with van der Waals surface area (Å²) in [6.07, 6.45) is -0.0600. The van der Waals surface area contributed by atoms with Crippen LogP contribution in [0.4, 0.5) is 4.39 Å². The molecule has 3 rings (SSSR count). The summed E-state index contributed by atoms with van der Waals surface area (Å²) in [5.41, 5.74) is 1.02. The smallest absolute Gasteiger partial charge is 0.243 e. The summed E-state index contributed by atoms with van der Waals surface area (Å²) in [5.74, 6) is -1.37. The van der Waals surface area contributed by atoms with Gasteiger partial charge in [0.2, 0.25) is 11.8 Å². The molecule has 0 bridgehead atoms. The number of rotatable bonds is 8. The lowest BCUT2D eigenvalue weighted by molar-refractivity contribution is -0.141. The van der Waals surface area contributed by atoms with E-state index in [4.69, 9.17) is 34.8 Å². The maximum absolute atomic E-state index is 14.6. The van der Waals surface area contributed by atoms with Gasteiger partial charge in [-0.25, -0.2) is 4.39 Å². The molecule has 190 valence electrons. The van der Waals surface area contributed by atoms with Crippen molar-refractivity contribution in [3.05, 3.63) is 104 Å². The zero-order valence-electron chi connectivity index (χ0n) is 20.3. The van der Waals surface area contributed by atoms with Crippen LogP contribution in [0.2, 0.25) is 15.1 Å². The standard InChI is InChI=1S/C28H28Cl3FN2O2/c1-28(2,3)33-27(36)25(14-18-8-5-4-6-9-18)34(17-19-12-13-20(29)15-23(19)31)26(35)16-21-22(30)10-7-11-24(21)32/h4-13,15,25H,14,16-17H2,1-3H3,(H,33,36)/t25-/m0/s1. The van der Waals surface area contributed by atoms with Gasteiger partial charge in [-0.05, 0) is 56.2 Å². The maximum Gasteiger partial charge on any atom is 0.243 e. The Morgan fingerprint density at radius 2 is 1.64 bits per heavy atom. The van der Waals surface area contributed by atoms with E-state index >= 15 is 0 Å². The van der Waals surface area contributed by atoms with E-state index in [1.807, 2.05) is 51.1 Å². The van der Waals surface area contributed by atoms with Gasteiger partial charge in [-0.2, -0.15) is 0 Å². The third-order valence-electron chi connectivity index (χ3n) is 5.51. The average Bonchev–Trinajstić information content (AvgIpc) is 2.79. The van der Waals surface area contributed by atoms with Gasteiger partial charge < -0.3 is 10.2 Å². The second-order valence-corrected chi connectivity index (χ2v) is 10.8. The maximum atomic E-state index is 14.6. The van der Waals surface area contributed by atoms with Crippen LogP contribution in [-0.4, -0.2) is 28.3 Å². The van der Waals surface area contributed by atoms with Crippen molar-refractivity contribution in [3.8, 4) is 0 Å². The van der Waals surface area contributed by atoms with Gasteiger partial charge in [0.25, 0.3) is 0 Å². The Morgan fingerprint density at radius 1 is 0.944 bits per heavy atom. The Bertz CT molecular complexity index is 1210. The molecule has 2 amide bonds. The number of halogens is 4. The molecular formula is C28H28Cl3FN2O2. The summed E-state index contributed by atoms with van der Waals surface area (Å²) in [6, 6.07) is 17.7. The van der Waals surface area contributed by atoms with Crippen molar-refractivity contribution in [2.24, 2.45) is 0 Å². The molecular weight excluding hydrogens is 522 g/mol. The molecule has 0 saturated heterocycles. The molecule has 0 aromatic heterocycles. The highest BCUT2D eigenvalue weighted by Gasteiger charge is 2.33. The molecule has 1 N–H and O–H groups in total. The molecule has 0 aliphatic carbocycles. The number of nitrogens with one attached hydrogen (secondary N) is 1. The minimum Gasteiger partial charge on any atom is -0.350 e. The highest BCUT2D eigenvalue weighted by molar-refractivity contribution is 6.35. The summed E-state index contributed by atoms with van der Waals surface area (Å²) in [5, 5.41) is 3.94. The van der Waals surface area contributed by atoms with Gasteiger partial charge in [-0.15, -0.1) is 0 Å². The molecule has 1 atom stereocenters. The quantitative estimate of drug-likeness (QED) is 0.333. The van der Waals surface area contributed by atoms with Gasteiger partial charge in [0.1, 0.15) is 11.9 Å². The molecule has 0 spiro atoms. The van der Waals surface area contributed by atoms with Crippen molar-refractivity contribution in [2.75, 3.05) is 0 Å². The molecule has 0 radical (unpaired) electrons. The Hall–Kier alpha value is -2.60. The van der Waals surface area contributed by atoms with Gasteiger partial charge in [-0.3, -0.25) is 9.59 Å². The number of amides is 2. The zero-order valence-corrected chi connectivity index (χ0v) is 22.6. The second-order valence-electron chi connectivity index (χ2n) is 9.58. The van der Waals surface area contributed by atoms with Gasteiger partial charge in [0.05, 0.1) is 6.42 Å². The van der Waals surface area contributed by atoms with Crippen molar-refractivity contribution >= 4 is 46.6 Å². The van der Waals surface area contributed by atoms with Crippen LogP contribution in [0.5, 0.6) is 0 Å². The summed E-state index contributed by atoms with van der Waals surface area (Å²) < 4.78 is 14.6. The van der Waals surface area contributed by atoms with Crippen molar-refractivity contribution < 1.29 is 14.0 Å². The number of hydrogen-bond donors (Lipinski definition) is 1. The Labute approximate surface area is 226 Å². The molecule has 0 saturated carbocycles. The molecule has 36 heavy (non-hydrogen) atoms. The van der Waals surface area contributed by atoms with Crippen LogP contribution in [0.1, 0.15) is 37.5 Å². The number of carbonyl (C=O) groups excluding carboxylic acids is 2. The lowest BCUT2D eigenvalue weighted by Gasteiger charge is -2.34. The lowest BCUT2D eigenvalue weighted by Crippen LogP contribution is -2.54. The van der Waals surface area contributed by atoms with E-state index in [-0.39, 0.29) is 35.9 Å². The molecule has 3 aromatic rings. The van der Waals surface area contributed by atoms with Gasteiger partial charge in [0, 0.05) is 39.1 Å². The van der Waals surface area contributed by atoms with Crippen molar-refractivity contribution in [2.45, 2.75) is 51.7 Å². The van der Waals surface area contributed by atoms with Crippen LogP contribution >= 0.6 is 34.8 Å². The third-order valence-corrected chi connectivity index (χ3v) is 6.46. The second kappa shape index (κ2) is 12.1. The molecule has 0 fully saturated rings. The van der Waals surface area contributed by atoms with Crippen LogP contribution in [-0.2, 0) is 29.0 Å². The molecule has 0 aliphatic rings. The normalized spacial score (nSPS) is 12.2. The number of hydrogen-bond acceptors (Lipinski definition) is 2. The highest BCUT2D eigenvalue weighted by Crippen LogP contribution is 2.26. The van der Waals surface area contributed by atoms with Gasteiger partial charge in [0.15, 0.2) is 0 Å². The lowest BCUT2D eigenvalue weighted by atomic mass is 9.99. The Morgan fingerprint density at radius 3 is 2.25 bits per heavy atom. The van der Waals surface area contributed by atoms with Crippen LogP contribution in [0.25, 0.3) is 0 Å². The summed E-state index contributed by atoms with van der Waals surface area (Å²) in [4.78, 5) is 28.8. The van der Waals surface area contributed by atoms with E-state index < -0.39 is 23.3 Å². The monoisotopic (exact) mass is 548 g/mol. The average molecular weight is 550 g/mol. The molecule has 8 heteroatoms. The van der Waals surface area contributed by atoms with E-state index in [2.05, 4.69) is 5.32 Å². The van der Waals surface area contributed by atoms with Crippen molar-refractivity contribution in [1.82, 2.24) is 10.2 Å². The first-order chi connectivity index (χ1) is 16.9. The van der Waals surface area contributed by atoms with Crippen LogP contribution in [0.3, 0.4) is 0 Å². The fourth-order valence-electron chi connectivity index (χ4n) is 3.79. The van der Waals surface area contributed by atoms with E-state index in [0.29, 0.717) is 15.6 Å². The number of nitrogens with zero attached hydrogens (tertiary/aromatic N) is 1. The SMILES string of the molecule is CC(C)(C)NC(=O)[C@H](Cc1ccccc1)N(Cc1ccc(Cl)cc1Cl)C(=O)Cc1c(F)cccc1Cl. The first kappa shape index (κ1) is 28.0. The predicted octanol–water partition coefficient (Wildman–Crippen LogP) is 6.88. The van der Waals surface area contributed by atoms with Gasteiger partial charge >= 0.3 is 0 Å². The zero-order chi connectivity index (χ0) is 26.5. The first-order valence-electron chi connectivity index (χ1n) is 11.5. The molecule has 3 aromatic carbocycles. The molecule has 0 heterocycles. The first-order valence-corrected chi connectivity index (χ1v) is 12.6. The van der Waals surface area contributed by atoms with Crippen LogP contribution in [0.15, 0.2) is 66.7 Å². The highest BCUT2D eigenvalue weighted by atomic mass is 35.5. The minimum atomic E-state index is -0.892. The summed E-state index contributed by atoms with van der Waals surface area (Å²) >= 11 is 18.7. The predicted molar refractivity (Wildman–Crippen MR) is 144 cm³/mol. The fourth-order valence-corrected chi connectivity index (χ4v) is 4.49. The molecule has 4 nitrogen and oxygen atoms in total. The van der Waals surface area contributed by atoms with E-state index in [0.717, 1.165) is 5.56 Å². The Kier molecular flexibility index (Phi) is 9.40. The van der Waals surface area contributed by atoms with Crippen LogP contribution < -0.4 is 5.32 Å². The van der Waals surface area contributed by atoms with Crippen molar-refractivity contribution in [3.63, 3.8) is 0 Å². The van der Waals surface area contributed by atoms with E-state index in [1.54, 1.807) is 18.2 Å². The van der Waals surface area contributed by atoms with Crippen LogP contribution in [0, 0.1) is 5.82 Å². The number of benzene rings is 3. The van der Waals surface area contributed by atoms with E-state index in [1.165, 1.54) is 23.1 Å². The summed E-state index contributed by atoms with van der Waals surface area (Å²) in [7, 11) is 0. The Balaban J connectivity index is 2.06. The van der Waals surface area contributed by atoms with E-state index in [9.17, 15) is 14.0 Å². The minimum absolute atomic E-state index is 0.0238.